The highest BCUT2D eigenvalue weighted by Crippen LogP contribution is 2.67. The molecule has 0 spiro atoms. The Kier molecular flexibility index (Phi) is 8.33. The van der Waals surface area contributed by atoms with Crippen LogP contribution in [0.15, 0.2) is 11.1 Å². The first-order valence-electron chi connectivity index (χ1n) is 8.40. The number of anilines is 1. The predicted molar refractivity (Wildman–Crippen MR) is 107 cm³/mol. The van der Waals surface area contributed by atoms with E-state index < -0.39 is 65.0 Å². The van der Waals surface area contributed by atoms with E-state index in [0.29, 0.717) is 0 Å². The third-order valence-corrected chi connectivity index (χ3v) is 8.68. The van der Waals surface area contributed by atoms with Gasteiger partial charge >= 0.3 is 29.2 Å². The lowest BCUT2D eigenvalue weighted by molar-refractivity contribution is -0.0669. The third-order valence-electron chi connectivity index (χ3n) is 4.18. The van der Waals surface area contributed by atoms with Gasteiger partial charge in [-0.15, -0.1) is 6.42 Å². The second kappa shape index (κ2) is 9.80. The molecule has 7 N–H and O–H groups in total. The molecule has 0 aromatic carbocycles. The van der Waals surface area contributed by atoms with Gasteiger partial charge in [0.25, 0.3) is 0 Å². The van der Waals surface area contributed by atoms with Gasteiger partial charge in [-0.1, -0.05) is 17.5 Å². The molecule has 0 saturated carbocycles. The Morgan fingerprint density at radius 1 is 1.33 bits per heavy atom. The zero-order valence-electron chi connectivity index (χ0n) is 16.3. The minimum atomic E-state index is -5.77. The fourth-order valence-corrected chi connectivity index (χ4v) is 6.52. The van der Waals surface area contributed by atoms with Crippen molar-refractivity contribution in [1.29, 1.82) is 0 Å². The molecule has 4 unspecified atom stereocenters. The number of rotatable bonds is 9. The summed E-state index contributed by atoms with van der Waals surface area (Å²) in [5, 5.41) is 9.83. The molecule has 186 valence electrons. The fraction of sp³-hybridized carbons (Fsp3) is 0.583. The van der Waals surface area contributed by atoms with E-state index in [1.165, 1.54) is 0 Å². The van der Waals surface area contributed by atoms with Gasteiger partial charge in [0.05, 0.1) is 18.8 Å². The summed E-state index contributed by atoms with van der Waals surface area (Å²) in [6, 6.07) is 0. The summed E-state index contributed by atoms with van der Waals surface area (Å²) in [5.41, 5.74) is 4.35. The van der Waals surface area contributed by atoms with Gasteiger partial charge < -0.3 is 35.2 Å². The number of aromatic nitrogens is 3. The van der Waals surface area contributed by atoms with E-state index in [0.717, 1.165) is 17.8 Å². The predicted octanol–water partition coefficient (Wildman–Crippen LogP) is -0.931. The van der Waals surface area contributed by atoms with Gasteiger partial charge in [0.15, 0.2) is 11.1 Å². The van der Waals surface area contributed by atoms with Crippen LogP contribution in [0.3, 0.4) is 0 Å². The first-order chi connectivity index (χ1) is 14.9. The first kappa shape index (κ1) is 28.0. The molecule has 2 heterocycles. The minimum Gasteiger partial charge on any atom is -0.396 e. The first-order valence-corrected chi connectivity index (χ1v) is 13.3. The van der Waals surface area contributed by atoms with Crippen molar-refractivity contribution in [2.75, 3.05) is 12.3 Å². The fourth-order valence-electron chi connectivity index (χ4n) is 2.97. The number of phosphoric ester groups is 1. The number of aliphatic hydroxyl groups is 1. The van der Waals surface area contributed by atoms with Crippen LogP contribution in [0.1, 0.15) is 13.2 Å². The monoisotopic (exact) mass is 554 g/mol. The Balaban J connectivity index is 2.32. The second-order valence-electron chi connectivity index (χ2n) is 6.46. The van der Waals surface area contributed by atoms with E-state index in [1.807, 2.05) is 0 Å². The molecular formula is C12H18ClN4O13P3. The second-order valence-corrected chi connectivity index (χ2v) is 11.5. The molecule has 1 aliphatic heterocycles. The van der Waals surface area contributed by atoms with Crippen molar-refractivity contribution in [1.82, 2.24) is 14.5 Å². The van der Waals surface area contributed by atoms with E-state index in [-0.39, 0.29) is 5.95 Å². The zero-order valence-corrected chi connectivity index (χ0v) is 19.8. The molecule has 2 rings (SSSR count). The maximum Gasteiger partial charge on any atom is 0.490 e. The topological polar surface area (TPSA) is 263 Å². The van der Waals surface area contributed by atoms with Gasteiger partial charge in [-0.05, 0) is 6.92 Å². The maximum absolute atomic E-state index is 12.2. The molecule has 17 nitrogen and oxygen atoms in total. The SMILES string of the molecule is C#CC1(Cl)C(CO)[C@@H]([C@@H](C)OP(=O)(O)OP(=O)(O)OP(=O)(O)O)O[C@H]1n1cnc(N)nc1=O. The number of hydrogen-bond acceptors (Lipinski definition) is 12. The quantitative estimate of drug-likeness (QED) is 0.122. The number of nitrogens with two attached hydrogens (primary N) is 1. The van der Waals surface area contributed by atoms with Crippen LogP contribution in [0.25, 0.3) is 0 Å². The Morgan fingerprint density at radius 2 is 1.94 bits per heavy atom. The van der Waals surface area contributed by atoms with Crippen molar-refractivity contribution in [2.45, 2.75) is 30.2 Å². The van der Waals surface area contributed by atoms with Gasteiger partial charge in [-0.25, -0.2) is 23.5 Å². The summed E-state index contributed by atoms with van der Waals surface area (Å²) in [6.45, 7) is 0.299. The van der Waals surface area contributed by atoms with Crippen molar-refractivity contribution in [2.24, 2.45) is 5.92 Å². The number of terminal acetylenes is 1. The van der Waals surface area contributed by atoms with Crippen LogP contribution in [-0.2, 0) is 31.6 Å². The van der Waals surface area contributed by atoms with Crippen molar-refractivity contribution in [3.8, 4) is 12.3 Å². The Hall–Kier alpha value is -1.21. The van der Waals surface area contributed by atoms with Crippen LogP contribution < -0.4 is 11.4 Å². The standard InChI is InChI=1S/C12H18ClN4O13P3/c1-3-12(13)7(4-18)8(27-9(12)17-5-15-10(14)16-11(17)19)6(2)28-32(23,24)30-33(25,26)29-31(20,21)22/h1,5-9,18H,4H2,2H3,(H,23,24)(H,25,26)(H2,14,16,19)(H2,20,21,22)/t6-,7?,8-,9-,12?/m1/s1. The van der Waals surface area contributed by atoms with Crippen LogP contribution >= 0.6 is 35.1 Å². The molecule has 0 bridgehead atoms. The van der Waals surface area contributed by atoms with Gasteiger partial charge in [0.2, 0.25) is 5.95 Å². The number of aliphatic hydroxyl groups excluding tert-OH is 1. The smallest absolute Gasteiger partial charge is 0.396 e. The molecule has 1 aromatic rings. The lowest BCUT2D eigenvalue weighted by Crippen LogP contribution is -2.42. The van der Waals surface area contributed by atoms with Crippen LogP contribution in [0.2, 0.25) is 0 Å². The Morgan fingerprint density at radius 3 is 2.42 bits per heavy atom. The number of phosphoric acid groups is 3. The van der Waals surface area contributed by atoms with Crippen molar-refractivity contribution in [3.05, 3.63) is 16.8 Å². The van der Waals surface area contributed by atoms with Crippen LogP contribution in [0.4, 0.5) is 5.95 Å². The van der Waals surface area contributed by atoms with E-state index in [4.69, 9.17) is 42.8 Å². The zero-order chi connectivity index (χ0) is 25.4. The molecule has 0 radical (unpaired) electrons. The van der Waals surface area contributed by atoms with E-state index in [9.17, 15) is 33.4 Å². The average Bonchev–Trinajstić information content (AvgIpc) is 2.91. The highest BCUT2D eigenvalue weighted by molar-refractivity contribution is 7.66. The van der Waals surface area contributed by atoms with Gasteiger partial charge in [-0.2, -0.15) is 13.6 Å². The van der Waals surface area contributed by atoms with E-state index >= 15 is 0 Å². The minimum absolute atomic E-state index is 0.369. The summed E-state index contributed by atoms with van der Waals surface area (Å²) in [6.07, 6.45) is 1.83. The Bertz CT molecular complexity index is 1140. The number of halogens is 1. The number of nitrogen functional groups attached to an aromatic ring is 1. The summed E-state index contributed by atoms with van der Waals surface area (Å²) in [4.78, 5) is 53.4. The maximum atomic E-state index is 12.2. The van der Waals surface area contributed by atoms with Gasteiger partial charge in [0.1, 0.15) is 6.33 Å². The van der Waals surface area contributed by atoms with Gasteiger partial charge in [-0.3, -0.25) is 9.09 Å². The molecule has 1 fully saturated rings. The third kappa shape index (κ3) is 6.68. The largest absolute Gasteiger partial charge is 0.490 e. The molecular weight excluding hydrogens is 537 g/mol. The van der Waals surface area contributed by atoms with Crippen molar-refractivity contribution >= 4 is 41.0 Å². The highest BCUT2D eigenvalue weighted by Gasteiger charge is 2.58. The molecule has 1 saturated heterocycles. The molecule has 0 amide bonds. The van der Waals surface area contributed by atoms with Crippen molar-refractivity contribution in [3.63, 3.8) is 0 Å². The van der Waals surface area contributed by atoms with Crippen LogP contribution in [0.5, 0.6) is 0 Å². The number of alkyl halides is 1. The van der Waals surface area contributed by atoms with Gasteiger partial charge in [0, 0.05) is 5.92 Å². The number of hydrogen-bond donors (Lipinski definition) is 6. The molecule has 7 atom stereocenters. The summed E-state index contributed by atoms with van der Waals surface area (Å²) >= 11 is 6.45. The lowest BCUT2D eigenvalue weighted by atomic mass is 9.87. The molecule has 33 heavy (non-hydrogen) atoms. The molecule has 1 aromatic heterocycles. The van der Waals surface area contributed by atoms with Crippen LogP contribution in [-0.4, -0.2) is 62.9 Å². The van der Waals surface area contributed by atoms with E-state index in [1.54, 1.807) is 0 Å². The Labute approximate surface area is 189 Å². The number of nitrogens with zero attached hydrogens (tertiary/aromatic N) is 3. The summed E-state index contributed by atoms with van der Waals surface area (Å²) < 4.78 is 52.7. The lowest BCUT2D eigenvalue weighted by Gasteiger charge is -2.28. The molecule has 0 aliphatic carbocycles. The summed E-state index contributed by atoms with van der Waals surface area (Å²) in [5.74, 6) is 0.536. The molecule has 21 heteroatoms. The summed E-state index contributed by atoms with van der Waals surface area (Å²) in [7, 11) is -16.9. The molecule has 1 aliphatic rings. The highest BCUT2D eigenvalue weighted by atomic mass is 35.5. The number of ether oxygens (including phenoxy) is 1. The average molecular weight is 555 g/mol. The van der Waals surface area contributed by atoms with E-state index in [2.05, 4.69) is 24.5 Å². The van der Waals surface area contributed by atoms with Crippen molar-refractivity contribution < 1.29 is 56.3 Å². The normalized spacial score (nSPS) is 30.2. The van der Waals surface area contributed by atoms with Crippen LogP contribution in [0, 0.1) is 18.3 Å².